The highest BCUT2D eigenvalue weighted by Gasteiger charge is 2.56. The maximum Gasteiger partial charge on any atom is 0.305 e. The van der Waals surface area contributed by atoms with Crippen LogP contribution in [0.5, 0.6) is 5.88 Å². The Morgan fingerprint density at radius 1 is 1.00 bits per heavy atom. The van der Waals surface area contributed by atoms with Crippen molar-refractivity contribution >= 4 is 47.2 Å². The highest BCUT2D eigenvalue weighted by molar-refractivity contribution is 7.75. The van der Waals surface area contributed by atoms with Gasteiger partial charge in [-0.15, -0.1) is 0 Å². The van der Waals surface area contributed by atoms with Crippen LogP contribution in [0.4, 0.5) is 5.95 Å². The van der Waals surface area contributed by atoms with Gasteiger partial charge in [-0.3, -0.25) is 12.9 Å². The van der Waals surface area contributed by atoms with E-state index in [4.69, 9.17) is 28.0 Å². The van der Waals surface area contributed by atoms with Crippen molar-refractivity contribution in [3.05, 3.63) is 67.0 Å². The summed E-state index contributed by atoms with van der Waals surface area (Å²) in [6.45, 7) is 6.82. The highest BCUT2D eigenvalue weighted by atomic mass is 32.2. The van der Waals surface area contributed by atoms with Crippen LogP contribution >= 0.6 is 0 Å². The van der Waals surface area contributed by atoms with E-state index in [1.807, 2.05) is 36.4 Å². The van der Waals surface area contributed by atoms with Gasteiger partial charge < -0.3 is 19.6 Å². The van der Waals surface area contributed by atoms with E-state index in [1.54, 1.807) is 10.9 Å². The molecule has 2 aromatic heterocycles. The third kappa shape index (κ3) is 4.42. The third-order valence-corrected chi connectivity index (χ3v) is 13.2. The summed E-state index contributed by atoms with van der Waals surface area (Å²) in [5, 5.41) is 2.06. The summed E-state index contributed by atoms with van der Waals surface area (Å²) >= 11 is -1.93. The molecule has 0 bridgehead atoms. The largest absolute Gasteiger partial charge is 0.479 e. The molecular weight excluding hydrogens is 550 g/mol. The molecule has 6 rings (SSSR count). The average Bonchev–Trinajstić information content (AvgIpc) is 3.62. The van der Waals surface area contributed by atoms with Crippen molar-refractivity contribution in [1.82, 2.24) is 19.5 Å². The zero-order valence-corrected chi connectivity index (χ0v) is 24.4. The smallest absolute Gasteiger partial charge is 0.305 e. The van der Waals surface area contributed by atoms with Crippen molar-refractivity contribution in [3.8, 4) is 5.88 Å². The molecule has 4 heterocycles. The van der Waals surface area contributed by atoms with E-state index in [1.165, 1.54) is 7.11 Å². The molecule has 4 aromatic rings. The van der Waals surface area contributed by atoms with E-state index in [0.717, 1.165) is 10.4 Å². The Bertz CT molecular complexity index is 1490. The number of fused-ring (bicyclic) bond motifs is 2. The summed E-state index contributed by atoms with van der Waals surface area (Å²) in [5.74, 6) is 0.272. The number of nitrogens with two attached hydrogens (primary N) is 1. The minimum Gasteiger partial charge on any atom is -0.479 e. The molecule has 2 aliphatic rings. The van der Waals surface area contributed by atoms with E-state index < -0.39 is 44.2 Å². The van der Waals surface area contributed by atoms with Crippen LogP contribution in [0.1, 0.15) is 27.0 Å². The normalized spacial score (nSPS) is 24.9. The molecule has 11 nitrogen and oxygen atoms in total. The second kappa shape index (κ2) is 10.3. The van der Waals surface area contributed by atoms with E-state index in [-0.39, 0.29) is 23.5 Å². The van der Waals surface area contributed by atoms with E-state index in [0.29, 0.717) is 11.2 Å². The van der Waals surface area contributed by atoms with E-state index in [2.05, 4.69) is 60.0 Å². The highest BCUT2D eigenvalue weighted by Crippen LogP contribution is 2.42. The first-order chi connectivity index (χ1) is 19.2. The van der Waals surface area contributed by atoms with Gasteiger partial charge in [-0.2, -0.15) is 14.2 Å². The third-order valence-electron chi connectivity index (χ3n) is 7.42. The molecule has 210 valence electrons. The van der Waals surface area contributed by atoms with Gasteiger partial charge in [0.2, 0.25) is 11.8 Å². The predicted molar refractivity (Wildman–Crippen MR) is 152 cm³/mol. The lowest BCUT2D eigenvalue weighted by atomic mass is 10.1. The molecule has 0 radical (unpaired) electrons. The topological polar surface area (TPSA) is 133 Å². The summed E-state index contributed by atoms with van der Waals surface area (Å²) < 4.78 is 44.4. The first-order valence-electron chi connectivity index (χ1n) is 12.9. The minimum absolute atomic E-state index is 0.0272. The van der Waals surface area contributed by atoms with Crippen molar-refractivity contribution in [2.75, 3.05) is 19.5 Å². The fraction of sp³-hybridized carbons (Fsp3) is 0.370. The number of benzene rings is 2. The SMILES string of the molecule is COc1nc(N)nc2c1ncn2[C@@H]1O[C@H](CO[Si](c2ccccc2)(c2ccccc2)C(C)(C)C)[C@H]2OS(=O)O[C@H]21. The second-order valence-electron chi connectivity index (χ2n) is 10.8. The van der Waals surface area contributed by atoms with Crippen LogP contribution in [-0.2, 0) is 28.9 Å². The number of anilines is 1. The molecule has 2 aromatic carbocycles. The minimum atomic E-state index is -2.85. The standard InChI is InChI=1S/C27H31N5O6SSi/c1-27(2,3)40(17-11-7-5-8-12-17,18-13-9-6-10-14-18)35-15-19-21-22(38-39(33)37-21)25(36-19)32-16-29-20-23(32)30-26(28)31-24(20)34-4/h5-14,16,19,21-22,25H,15H2,1-4H3,(H2,28,30,31)/t19-,21-,22-,25-,39?/m1/s1. The number of hydrogen-bond donors (Lipinski definition) is 1. The van der Waals surface area contributed by atoms with Crippen molar-refractivity contribution < 1.29 is 26.5 Å². The van der Waals surface area contributed by atoms with Crippen molar-refractivity contribution in [2.45, 2.75) is 50.3 Å². The zero-order chi connectivity index (χ0) is 28.1. The molecule has 2 aliphatic heterocycles. The molecule has 0 aliphatic carbocycles. The summed E-state index contributed by atoms with van der Waals surface area (Å²) in [6.07, 6.45) is -1.09. The zero-order valence-electron chi connectivity index (χ0n) is 22.6. The fourth-order valence-corrected chi connectivity index (χ4v) is 11.1. The van der Waals surface area contributed by atoms with Gasteiger partial charge in [0, 0.05) is 0 Å². The quantitative estimate of drug-likeness (QED) is 0.324. The molecular formula is C27H31N5O6SSi. The van der Waals surface area contributed by atoms with Crippen LogP contribution < -0.4 is 20.8 Å². The molecule has 0 spiro atoms. The van der Waals surface area contributed by atoms with Crippen molar-refractivity contribution in [3.63, 3.8) is 0 Å². The molecule has 2 saturated heterocycles. The van der Waals surface area contributed by atoms with Crippen LogP contribution in [-0.4, -0.2) is 64.1 Å². The van der Waals surface area contributed by atoms with Crippen LogP contribution in [0, 0.1) is 0 Å². The van der Waals surface area contributed by atoms with Gasteiger partial charge in [-0.1, -0.05) is 81.4 Å². The van der Waals surface area contributed by atoms with Gasteiger partial charge >= 0.3 is 11.4 Å². The monoisotopic (exact) mass is 581 g/mol. The fourth-order valence-electron chi connectivity index (χ4n) is 5.69. The molecule has 2 N–H and O–H groups in total. The maximum absolute atomic E-state index is 12.4. The summed E-state index contributed by atoms with van der Waals surface area (Å²) in [5.41, 5.74) is 6.75. The second-order valence-corrected chi connectivity index (χ2v) is 15.9. The summed E-state index contributed by atoms with van der Waals surface area (Å²) in [6, 6.07) is 20.7. The average molecular weight is 582 g/mol. The Kier molecular flexibility index (Phi) is 6.97. The Morgan fingerprint density at radius 3 is 2.23 bits per heavy atom. The molecule has 1 unspecified atom stereocenters. The number of nitrogen functional groups attached to an aromatic ring is 1. The number of ether oxygens (including phenoxy) is 2. The predicted octanol–water partition coefficient (Wildman–Crippen LogP) is 2.25. The number of imidazole rings is 1. The molecule has 2 fully saturated rings. The molecule has 5 atom stereocenters. The Morgan fingerprint density at radius 2 is 1.62 bits per heavy atom. The van der Waals surface area contributed by atoms with Crippen LogP contribution in [0.3, 0.4) is 0 Å². The van der Waals surface area contributed by atoms with Gasteiger partial charge in [-0.05, 0) is 15.4 Å². The molecule has 0 amide bonds. The first-order valence-corrected chi connectivity index (χ1v) is 15.8. The van der Waals surface area contributed by atoms with Crippen LogP contribution in [0.15, 0.2) is 67.0 Å². The number of methoxy groups -OCH3 is 1. The number of nitrogens with zero attached hydrogens (tertiary/aromatic N) is 4. The Balaban J connectivity index is 1.37. The number of rotatable bonds is 7. The first kappa shape index (κ1) is 27.0. The summed E-state index contributed by atoms with van der Waals surface area (Å²) in [4.78, 5) is 12.9. The van der Waals surface area contributed by atoms with Gasteiger partial charge in [0.25, 0.3) is 8.32 Å². The van der Waals surface area contributed by atoms with Crippen LogP contribution in [0.25, 0.3) is 11.2 Å². The lowest BCUT2D eigenvalue weighted by molar-refractivity contribution is -0.0499. The Hall–Kier alpha value is -3.20. The lowest BCUT2D eigenvalue weighted by Gasteiger charge is -2.43. The van der Waals surface area contributed by atoms with Gasteiger partial charge in [0.1, 0.15) is 12.2 Å². The van der Waals surface area contributed by atoms with Crippen molar-refractivity contribution in [1.29, 1.82) is 0 Å². The van der Waals surface area contributed by atoms with E-state index in [9.17, 15) is 4.21 Å². The van der Waals surface area contributed by atoms with Crippen molar-refractivity contribution in [2.24, 2.45) is 0 Å². The molecule has 0 saturated carbocycles. The molecule has 40 heavy (non-hydrogen) atoms. The number of aromatic nitrogens is 4. The Labute approximate surface area is 235 Å². The van der Waals surface area contributed by atoms with E-state index >= 15 is 0 Å². The summed E-state index contributed by atoms with van der Waals surface area (Å²) in [7, 11) is -1.37. The van der Waals surface area contributed by atoms with Crippen LogP contribution in [0.2, 0.25) is 5.04 Å². The molecule has 13 heteroatoms. The maximum atomic E-state index is 12.4. The van der Waals surface area contributed by atoms with Gasteiger partial charge in [0.15, 0.2) is 23.5 Å². The van der Waals surface area contributed by atoms with Gasteiger partial charge in [0.05, 0.1) is 20.0 Å². The lowest BCUT2D eigenvalue weighted by Crippen LogP contribution is -2.67. The number of hydrogen-bond acceptors (Lipinski definition) is 10. The van der Waals surface area contributed by atoms with Gasteiger partial charge in [-0.25, -0.2) is 4.98 Å².